The van der Waals surface area contributed by atoms with Gasteiger partial charge in [0.1, 0.15) is 18.0 Å². The zero-order valence-corrected chi connectivity index (χ0v) is 22.2. The number of alkyl halides is 3. The van der Waals surface area contributed by atoms with Gasteiger partial charge in [0, 0.05) is 60.5 Å². The van der Waals surface area contributed by atoms with E-state index in [4.69, 9.17) is 11.6 Å². The Morgan fingerprint density at radius 2 is 1.84 bits per heavy atom. The van der Waals surface area contributed by atoms with Crippen molar-refractivity contribution in [1.29, 1.82) is 0 Å². The van der Waals surface area contributed by atoms with Crippen LogP contribution in [0.1, 0.15) is 56.1 Å². The first-order valence-corrected chi connectivity index (χ1v) is 13.3. The van der Waals surface area contributed by atoms with Crippen molar-refractivity contribution in [2.24, 2.45) is 0 Å². The fourth-order valence-corrected chi connectivity index (χ4v) is 6.03. The molecular formula is C27H32ClF3N6O. The van der Waals surface area contributed by atoms with Gasteiger partial charge in [-0.1, -0.05) is 44.2 Å². The number of benzene rings is 1. The summed E-state index contributed by atoms with van der Waals surface area (Å²) < 4.78 is 42.3. The lowest BCUT2D eigenvalue weighted by atomic mass is 9.90. The summed E-state index contributed by atoms with van der Waals surface area (Å²) in [5.41, 5.74) is 1.24. The zero-order chi connectivity index (χ0) is 27.2. The average molecular weight is 549 g/mol. The van der Waals surface area contributed by atoms with Gasteiger partial charge in [0.25, 0.3) is 0 Å². The molecule has 2 aromatic rings. The van der Waals surface area contributed by atoms with Crippen LogP contribution in [0.25, 0.3) is 0 Å². The molecule has 2 N–H and O–H groups in total. The second-order valence-corrected chi connectivity index (χ2v) is 11.1. The van der Waals surface area contributed by atoms with Crippen LogP contribution in [-0.4, -0.2) is 64.7 Å². The molecule has 1 amide bonds. The molecule has 0 spiro atoms. The predicted octanol–water partition coefficient (Wildman–Crippen LogP) is 5.07. The van der Waals surface area contributed by atoms with E-state index in [2.05, 4.69) is 27.2 Å². The van der Waals surface area contributed by atoms with Crippen LogP contribution in [0.5, 0.6) is 0 Å². The van der Waals surface area contributed by atoms with Gasteiger partial charge < -0.3 is 20.4 Å². The number of allylic oxidation sites excluding steroid dienone is 1. The number of fused-ring (bicyclic) bond motifs is 3. The van der Waals surface area contributed by atoms with Gasteiger partial charge >= 0.3 is 6.18 Å². The van der Waals surface area contributed by atoms with Crippen LogP contribution in [0, 0.1) is 0 Å². The molecule has 2 unspecified atom stereocenters. The number of carbonyl (C=O) groups is 1. The van der Waals surface area contributed by atoms with Crippen molar-refractivity contribution >= 4 is 29.1 Å². The maximum atomic E-state index is 14.1. The summed E-state index contributed by atoms with van der Waals surface area (Å²) in [6, 6.07) is 7.28. The Morgan fingerprint density at radius 1 is 1.18 bits per heavy atom. The molecule has 1 aromatic heterocycles. The molecular weight excluding hydrogens is 517 g/mol. The summed E-state index contributed by atoms with van der Waals surface area (Å²) in [6.07, 6.45) is -1.85. The van der Waals surface area contributed by atoms with E-state index in [1.807, 2.05) is 35.8 Å². The van der Waals surface area contributed by atoms with Crippen LogP contribution >= 0.6 is 11.6 Å². The Balaban J connectivity index is 1.42. The number of rotatable bonds is 6. The minimum atomic E-state index is -4.45. The number of amides is 1. The van der Waals surface area contributed by atoms with E-state index in [1.54, 1.807) is 12.1 Å². The van der Waals surface area contributed by atoms with Gasteiger partial charge in [-0.15, -0.1) is 0 Å². The minimum absolute atomic E-state index is 0.00729. The zero-order valence-electron chi connectivity index (χ0n) is 21.4. The molecule has 11 heteroatoms. The van der Waals surface area contributed by atoms with E-state index in [0.717, 1.165) is 18.4 Å². The number of piperazine rings is 1. The second kappa shape index (κ2) is 10.4. The third-order valence-corrected chi connectivity index (χ3v) is 7.94. The standard InChI is InChI=1S/C27H32ClF3N6O/c1-15(2)32-11-21(17-4-6-18(28)7-5-17)26(38)36-12-19-8-9-20(13-36)37(19)25-23-22(27(29,30)31)10-16(3)35-24(23)33-14-34-25/h4-7,14-15,19-22,32H,3,8-13H2,1-2H3,(H,33,34,35)/t19?,20?,21-,22-/m1/s1. The number of hydrogen-bond acceptors (Lipinski definition) is 6. The summed E-state index contributed by atoms with van der Waals surface area (Å²) in [5.74, 6) is -1.63. The highest BCUT2D eigenvalue weighted by atomic mass is 35.5. The number of likely N-dealkylation sites (tertiary alicyclic amines) is 1. The Morgan fingerprint density at radius 3 is 2.45 bits per heavy atom. The van der Waals surface area contributed by atoms with E-state index < -0.39 is 18.0 Å². The lowest BCUT2D eigenvalue weighted by Gasteiger charge is -2.44. The van der Waals surface area contributed by atoms with Crippen LogP contribution in [0.15, 0.2) is 42.9 Å². The molecule has 0 radical (unpaired) electrons. The van der Waals surface area contributed by atoms with E-state index in [0.29, 0.717) is 30.5 Å². The lowest BCUT2D eigenvalue weighted by Crippen LogP contribution is -2.57. The maximum Gasteiger partial charge on any atom is 0.396 e. The molecule has 2 saturated heterocycles. The van der Waals surface area contributed by atoms with Gasteiger partial charge in [-0.05, 0) is 30.5 Å². The van der Waals surface area contributed by atoms with Gasteiger partial charge in [-0.25, -0.2) is 9.97 Å². The van der Waals surface area contributed by atoms with Crippen molar-refractivity contribution in [3.8, 4) is 0 Å². The monoisotopic (exact) mass is 548 g/mol. The van der Waals surface area contributed by atoms with Crippen molar-refractivity contribution in [3.05, 3.63) is 59.0 Å². The molecule has 3 aliphatic heterocycles. The maximum absolute atomic E-state index is 14.1. The molecule has 4 heterocycles. The number of halogens is 4. The lowest BCUT2D eigenvalue weighted by molar-refractivity contribution is -0.150. The van der Waals surface area contributed by atoms with Crippen LogP contribution in [0.2, 0.25) is 5.02 Å². The van der Waals surface area contributed by atoms with Crippen molar-refractivity contribution in [2.75, 3.05) is 29.9 Å². The second-order valence-electron chi connectivity index (χ2n) is 10.7. The highest BCUT2D eigenvalue weighted by molar-refractivity contribution is 6.30. The SMILES string of the molecule is C=C1C[C@@H](C(F)(F)F)c2c(ncnc2N2C3CCC2CN(C(=O)[C@H](CNC(C)C)c2ccc(Cl)cc2)C3)N1. The Hall–Kier alpha value is -2.85. The summed E-state index contributed by atoms with van der Waals surface area (Å²) in [5, 5.41) is 6.91. The van der Waals surface area contributed by atoms with Crippen LogP contribution in [-0.2, 0) is 4.79 Å². The van der Waals surface area contributed by atoms with Crippen LogP contribution < -0.4 is 15.5 Å². The van der Waals surface area contributed by atoms with E-state index >= 15 is 0 Å². The third-order valence-electron chi connectivity index (χ3n) is 7.69. The fraction of sp³-hybridized carbons (Fsp3) is 0.519. The predicted molar refractivity (Wildman–Crippen MR) is 141 cm³/mol. The molecule has 0 saturated carbocycles. The number of nitrogens with zero attached hydrogens (tertiary/aromatic N) is 4. The summed E-state index contributed by atoms with van der Waals surface area (Å²) in [4.78, 5) is 26.2. The van der Waals surface area contributed by atoms with E-state index in [1.165, 1.54) is 6.33 Å². The summed E-state index contributed by atoms with van der Waals surface area (Å²) >= 11 is 6.08. The first kappa shape index (κ1) is 26.7. The Labute approximate surface area is 225 Å². The Bertz CT molecular complexity index is 1190. The van der Waals surface area contributed by atoms with Gasteiger partial charge in [-0.2, -0.15) is 13.2 Å². The van der Waals surface area contributed by atoms with Crippen LogP contribution in [0.3, 0.4) is 0 Å². The molecule has 3 aliphatic rings. The Kier molecular flexibility index (Phi) is 7.30. The summed E-state index contributed by atoms with van der Waals surface area (Å²) in [7, 11) is 0. The number of hydrogen-bond donors (Lipinski definition) is 2. The van der Waals surface area contributed by atoms with E-state index in [-0.39, 0.29) is 47.5 Å². The number of carbonyl (C=O) groups excluding carboxylic acids is 1. The molecule has 38 heavy (non-hydrogen) atoms. The van der Waals surface area contributed by atoms with Gasteiger partial charge in [-0.3, -0.25) is 4.79 Å². The number of nitrogens with one attached hydrogen (secondary N) is 2. The average Bonchev–Trinajstić information content (AvgIpc) is 3.11. The molecule has 1 aromatic carbocycles. The van der Waals surface area contributed by atoms with E-state index in [9.17, 15) is 18.0 Å². The minimum Gasteiger partial charge on any atom is -0.347 e. The van der Waals surface area contributed by atoms with Crippen molar-refractivity contribution < 1.29 is 18.0 Å². The highest BCUT2D eigenvalue weighted by Gasteiger charge is 2.50. The number of anilines is 2. The molecule has 5 rings (SSSR count). The topological polar surface area (TPSA) is 73.4 Å². The molecule has 204 valence electrons. The van der Waals surface area contributed by atoms with Crippen LogP contribution in [0.4, 0.5) is 24.8 Å². The summed E-state index contributed by atoms with van der Waals surface area (Å²) in [6.45, 7) is 9.12. The van der Waals surface area contributed by atoms with Crippen molar-refractivity contribution in [3.63, 3.8) is 0 Å². The molecule has 0 aliphatic carbocycles. The first-order valence-electron chi connectivity index (χ1n) is 12.9. The van der Waals surface area contributed by atoms with Crippen molar-refractivity contribution in [2.45, 2.75) is 69.2 Å². The van der Waals surface area contributed by atoms with Gasteiger partial charge in [0.15, 0.2) is 0 Å². The molecule has 2 fully saturated rings. The smallest absolute Gasteiger partial charge is 0.347 e. The van der Waals surface area contributed by atoms with Gasteiger partial charge in [0.05, 0.1) is 11.8 Å². The van der Waals surface area contributed by atoms with Crippen molar-refractivity contribution in [1.82, 2.24) is 20.2 Å². The highest BCUT2D eigenvalue weighted by Crippen LogP contribution is 2.49. The first-order chi connectivity index (χ1) is 18.0. The molecule has 4 atom stereocenters. The molecule has 7 nitrogen and oxygen atoms in total. The fourth-order valence-electron chi connectivity index (χ4n) is 5.90. The quantitative estimate of drug-likeness (QED) is 0.525. The van der Waals surface area contributed by atoms with Gasteiger partial charge in [0.2, 0.25) is 5.91 Å². The number of aromatic nitrogens is 2. The largest absolute Gasteiger partial charge is 0.396 e. The normalized spacial score (nSPS) is 23.9. The molecule has 2 bridgehead atoms. The third kappa shape index (κ3) is 5.20.